The van der Waals surface area contributed by atoms with Gasteiger partial charge in [0.25, 0.3) is 0 Å². The van der Waals surface area contributed by atoms with Crippen LogP contribution in [0.5, 0.6) is 0 Å². The minimum absolute atomic E-state index is 0.139. The summed E-state index contributed by atoms with van der Waals surface area (Å²) in [7, 11) is 0. The molecule has 0 radical (unpaired) electrons. The van der Waals surface area contributed by atoms with Crippen molar-refractivity contribution in [2.24, 2.45) is 0 Å². The summed E-state index contributed by atoms with van der Waals surface area (Å²) in [4.78, 5) is 10.2. The van der Waals surface area contributed by atoms with E-state index in [0.717, 1.165) is 12.8 Å². The Morgan fingerprint density at radius 1 is 1.55 bits per heavy atom. The highest BCUT2D eigenvalue weighted by molar-refractivity contribution is 6.33. The lowest BCUT2D eigenvalue weighted by Gasteiger charge is -2.27. The second kappa shape index (κ2) is 3.02. The van der Waals surface area contributed by atoms with Crippen LogP contribution in [0.15, 0.2) is 0 Å². The molecule has 0 amide bonds. The third kappa shape index (κ3) is 2.37. The minimum atomic E-state index is -0.865. The van der Waals surface area contributed by atoms with E-state index in [9.17, 15) is 4.79 Å². The molecular formula is C8H13ClO2. The Kier molecular flexibility index (Phi) is 2.43. The van der Waals surface area contributed by atoms with E-state index in [1.165, 1.54) is 6.42 Å². The Morgan fingerprint density at radius 3 is 2.36 bits per heavy atom. The van der Waals surface area contributed by atoms with E-state index in [1.807, 2.05) is 0 Å². The molecule has 0 aromatic carbocycles. The first-order valence-electron chi connectivity index (χ1n) is 3.90. The number of hydrogen-bond donors (Lipinski definition) is 0. The van der Waals surface area contributed by atoms with E-state index in [1.54, 1.807) is 13.8 Å². The number of hydrogen-bond acceptors (Lipinski definition) is 2. The van der Waals surface area contributed by atoms with Crippen molar-refractivity contribution in [2.45, 2.75) is 44.1 Å². The number of rotatable bonds is 2. The predicted octanol–water partition coefficient (Wildman–Crippen LogP) is 2.10. The molecule has 1 fully saturated rings. The second-order valence-corrected chi connectivity index (χ2v) is 4.38. The molecular weight excluding hydrogens is 164 g/mol. The van der Waals surface area contributed by atoms with E-state index in [0.29, 0.717) is 0 Å². The maximum absolute atomic E-state index is 11.1. The first kappa shape index (κ1) is 8.85. The van der Waals surface area contributed by atoms with Gasteiger partial charge in [-0.25, -0.2) is 0 Å². The third-order valence-electron chi connectivity index (χ3n) is 1.81. The number of carbonyl (C=O) groups excluding carboxylic acids is 1. The van der Waals surface area contributed by atoms with Crippen LogP contribution >= 0.6 is 11.6 Å². The van der Waals surface area contributed by atoms with Gasteiger partial charge >= 0.3 is 5.97 Å². The molecule has 0 aliphatic heterocycles. The molecule has 0 aromatic rings. The van der Waals surface area contributed by atoms with Gasteiger partial charge in [-0.2, -0.15) is 0 Å². The van der Waals surface area contributed by atoms with Crippen molar-refractivity contribution < 1.29 is 9.53 Å². The van der Waals surface area contributed by atoms with E-state index in [4.69, 9.17) is 16.3 Å². The van der Waals surface area contributed by atoms with Crippen molar-refractivity contribution in [1.82, 2.24) is 0 Å². The van der Waals surface area contributed by atoms with Gasteiger partial charge in [0.1, 0.15) is 11.0 Å². The maximum atomic E-state index is 11.1. The molecule has 11 heavy (non-hydrogen) atoms. The Morgan fingerprint density at radius 2 is 2.09 bits per heavy atom. The van der Waals surface area contributed by atoms with E-state index < -0.39 is 4.87 Å². The first-order valence-corrected chi connectivity index (χ1v) is 4.28. The fourth-order valence-corrected chi connectivity index (χ4v) is 0.825. The molecule has 0 spiro atoms. The number of ether oxygens (including phenoxy) is 1. The molecule has 0 aromatic heterocycles. The lowest BCUT2D eigenvalue weighted by atomic mass is 9.96. The van der Waals surface area contributed by atoms with Crippen LogP contribution in [0.3, 0.4) is 0 Å². The number of carbonyl (C=O) groups is 1. The quantitative estimate of drug-likeness (QED) is 0.476. The zero-order valence-corrected chi connectivity index (χ0v) is 7.65. The second-order valence-electron chi connectivity index (χ2n) is 3.43. The number of halogens is 1. The molecule has 0 bridgehead atoms. The van der Waals surface area contributed by atoms with Gasteiger partial charge in [-0.05, 0) is 33.1 Å². The molecule has 64 valence electrons. The summed E-state index contributed by atoms with van der Waals surface area (Å²) in [5, 5.41) is 0. The van der Waals surface area contributed by atoms with Crippen LogP contribution in [-0.2, 0) is 9.53 Å². The highest BCUT2D eigenvalue weighted by atomic mass is 35.5. The Bertz CT molecular complexity index is 156. The molecule has 2 nitrogen and oxygen atoms in total. The summed E-state index contributed by atoms with van der Waals surface area (Å²) in [6, 6.07) is 0. The Hall–Kier alpha value is -0.240. The van der Waals surface area contributed by atoms with Gasteiger partial charge in [0, 0.05) is 0 Å². The van der Waals surface area contributed by atoms with Crippen molar-refractivity contribution in [2.75, 3.05) is 0 Å². The van der Waals surface area contributed by atoms with Crippen LogP contribution in [0, 0.1) is 0 Å². The summed E-state index contributed by atoms with van der Waals surface area (Å²) in [5.74, 6) is -0.302. The van der Waals surface area contributed by atoms with E-state index in [-0.39, 0.29) is 12.1 Å². The van der Waals surface area contributed by atoms with Crippen molar-refractivity contribution in [3.8, 4) is 0 Å². The van der Waals surface area contributed by atoms with Gasteiger partial charge in [0.05, 0.1) is 0 Å². The van der Waals surface area contributed by atoms with Crippen molar-refractivity contribution in [3.05, 3.63) is 0 Å². The first-order chi connectivity index (χ1) is 5.00. The van der Waals surface area contributed by atoms with Crippen LogP contribution in [0.1, 0.15) is 33.1 Å². The van der Waals surface area contributed by atoms with Crippen LogP contribution in [0.2, 0.25) is 0 Å². The third-order valence-corrected chi connectivity index (χ3v) is 1.97. The van der Waals surface area contributed by atoms with Crippen LogP contribution < -0.4 is 0 Å². The summed E-state index contributed by atoms with van der Waals surface area (Å²) >= 11 is 5.73. The molecule has 0 saturated heterocycles. The zero-order valence-electron chi connectivity index (χ0n) is 6.89. The normalized spacial score (nSPS) is 19.2. The Balaban J connectivity index is 2.30. The topological polar surface area (TPSA) is 26.3 Å². The average Bonchev–Trinajstić information content (AvgIpc) is 1.75. The number of alkyl halides is 1. The van der Waals surface area contributed by atoms with Gasteiger partial charge in [0.2, 0.25) is 0 Å². The van der Waals surface area contributed by atoms with Crippen LogP contribution in [-0.4, -0.2) is 16.9 Å². The molecule has 1 rings (SSSR count). The zero-order chi connectivity index (χ0) is 8.48. The highest BCUT2D eigenvalue weighted by Crippen LogP contribution is 2.25. The van der Waals surface area contributed by atoms with Gasteiger partial charge in [0.15, 0.2) is 0 Å². The van der Waals surface area contributed by atoms with Crippen molar-refractivity contribution in [1.29, 1.82) is 0 Å². The summed E-state index contributed by atoms with van der Waals surface area (Å²) in [6.45, 7) is 3.30. The lowest BCUT2D eigenvalue weighted by molar-refractivity contribution is -0.155. The van der Waals surface area contributed by atoms with Gasteiger partial charge in [-0.3, -0.25) is 4.79 Å². The minimum Gasteiger partial charge on any atom is -0.461 e. The maximum Gasteiger partial charge on any atom is 0.326 e. The number of esters is 1. The standard InChI is InChI=1S/C8H13ClO2/c1-8(2,9)7(10)11-6-4-3-5-6/h6H,3-5H2,1-2H3. The molecule has 0 atom stereocenters. The molecule has 0 N–H and O–H groups in total. The predicted molar refractivity (Wildman–Crippen MR) is 43.7 cm³/mol. The van der Waals surface area contributed by atoms with Gasteiger partial charge in [-0.15, -0.1) is 11.6 Å². The molecule has 1 aliphatic carbocycles. The van der Waals surface area contributed by atoms with Gasteiger partial charge in [-0.1, -0.05) is 0 Å². The lowest BCUT2D eigenvalue weighted by Crippen LogP contribution is -2.34. The smallest absolute Gasteiger partial charge is 0.326 e. The SMILES string of the molecule is CC(C)(Cl)C(=O)OC1CCC1. The fourth-order valence-electron chi connectivity index (χ4n) is 0.780. The molecule has 3 heteroatoms. The Labute approximate surface area is 71.9 Å². The summed E-state index contributed by atoms with van der Waals surface area (Å²) in [5.41, 5.74) is 0. The van der Waals surface area contributed by atoms with Crippen LogP contribution in [0.25, 0.3) is 0 Å². The highest BCUT2D eigenvalue weighted by Gasteiger charge is 2.30. The molecule has 1 aliphatic rings. The largest absolute Gasteiger partial charge is 0.461 e. The molecule has 0 unspecified atom stereocenters. The van der Waals surface area contributed by atoms with Crippen LogP contribution in [0.4, 0.5) is 0 Å². The summed E-state index contributed by atoms with van der Waals surface area (Å²) < 4.78 is 5.08. The monoisotopic (exact) mass is 176 g/mol. The summed E-state index contributed by atoms with van der Waals surface area (Å²) in [6.07, 6.45) is 3.30. The van der Waals surface area contributed by atoms with E-state index in [2.05, 4.69) is 0 Å². The van der Waals surface area contributed by atoms with Gasteiger partial charge < -0.3 is 4.74 Å². The van der Waals surface area contributed by atoms with Crippen molar-refractivity contribution in [3.63, 3.8) is 0 Å². The molecule has 0 heterocycles. The average molecular weight is 177 g/mol. The molecule has 1 saturated carbocycles. The van der Waals surface area contributed by atoms with Crippen molar-refractivity contribution >= 4 is 17.6 Å². The fraction of sp³-hybridized carbons (Fsp3) is 0.875. The van der Waals surface area contributed by atoms with E-state index >= 15 is 0 Å².